The molecule has 1 aliphatic rings. The molecule has 10 heteroatoms. The fraction of sp³-hybridized carbons (Fsp3) is 0.133. The Kier molecular flexibility index (Phi) is 4.35. The quantitative estimate of drug-likeness (QED) is 0.623. The fourth-order valence-corrected chi connectivity index (χ4v) is 3.25. The Hall–Kier alpha value is -2.30. The standard InChI is InChI=1S/C15H13F4N5S/c16-11-7-8(15(21)22-13(20)23-24-15)6-10(14(17,18)19)12(11)25-9-4-2-1-3-5-9/h1-7,24H,21H2,(H3,20,22,23). The molecule has 0 amide bonds. The highest BCUT2D eigenvalue weighted by atomic mass is 32.2. The molecule has 6 N–H and O–H groups in total. The summed E-state index contributed by atoms with van der Waals surface area (Å²) in [7, 11) is 0. The zero-order valence-electron chi connectivity index (χ0n) is 12.6. The molecule has 2 aromatic carbocycles. The van der Waals surface area contributed by atoms with Crippen LogP contribution in [0.1, 0.15) is 11.1 Å². The average Bonchev–Trinajstić information content (AvgIpc) is 2.89. The van der Waals surface area contributed by atoms with Crippen LogP contribution in [0.4, 0.5) is 17.6 Å². The van der Waals surface area contributed by atoms with E-state index in [0.717, 1.165) is 12.1 Å². The molecule has 0 radical (unpaired) electrons. The highest BCUT2D eigenvalue weighted by Gasteiger charge is 2.39. The first-order chi connectivity index (χ1) is 11.7. The number of alkyl halides is 3. The van der Waals surface area contributed by atoms with Crippen molar-refractivity contribution in [2.75, 3.05) is 0 Å². The van der Waals surface area contributed by atoms with Crippen LogP contribution in [-0.2, 0) is 12.0 Å². The van der Waals surface area contributed by atoms with E-state index in [1.165, 1.54) is 0 Å². The molecule has 1 unspecified atom stereocenters. The van der Waals surface area contributed by atoms with Gasteiger partial charge in [0, 0.05) is 10.5 Å². The van der Waals surface area contributed by atoms with Gasteiger partial charge >= 0.3 is 6.18 Å². The number of halogens is 4. The van der Waals surface area contributed by atoms with Crippen LogP contribution in [0.2, 0.25) is 0 Å². The summed E-state index contributed by atoms with van der Waals surface area (Å²) in [5.74, 6) is -2.95. The zero-order valence-corrected chi connectivity index (χ0v) is 13.4. The highest BCUT2D eigenvalue weighted by Crippen LogP contribution is 2.42. The van der Waals surface area contributed by atoms with Gasteiger partial charge in [0.15, 0.2) is 0 Å². The fourth-order valence-electron chi connectivity index (χ4n) is 2.28. The SMILES string of the molecule is NC1=NC(N)(c2cc(F)c(Sc3ccccc3)c(C(F)(F)F)c2)NN1. The van der Waals surface area contributed by atoms with Crippen molar-refractivity contribution in [1.29, 1.82) is 0 Å². The summed E-state index contributed by atoms with van der Waals surface area (Å²) in [6, 6.07) is 9.90. The first kappa shape index (κ1) is 17.5. The minimum Gasteiger partial charge on any atom is -0.369 e. The summed E-state index contributed by atoms with van der Waals surface area (Å²) in [5.41, 5.74) is 14.8. The summed E-state index contributed by atoms with van der Waals surface area (Å²) in [6.45, 7) is 0. The number of nitrogens with zero attached hydrogens (tertiary/aromatic N) is 1. The van der Waals surface area contributed by atoms with Gasteiger partial charge in [0.25, 0.3) is 0 Å². The third-order valence-electron chi connectivity index (χ3n) is 3.43. The molecule has 1 heterocycles. The van der Waals surface area contributed by atoms with Crippen molar-refractivity contribution < 1.29 is 17.6 Å². The van der Waals surface area contributed by atoms with Gasteiger partial charge in [-0.15, -0.1) is 0 Å². The summed E-state index contributed by atoms with van der Waals surface area (Å²) in [6.07, 6.45) is -4.77. The van der Waals surface area contributed by atoms with E-state index in [-0.39, 0.29) is 11.5 Å². The lowest BCUT2D eigenvalue weighted by Crippen LogP contribution is -2.50. The lowest BCUT2D eigenvalue weighted by atomic mass is 10.0. The molecule has 0 fully saturated rings. The number of aliphatic imine (C=N–C) groups is 1. The number of hydrogen-bond acceptors (Lipinski definition) is 6. The molecule has 3 rings (SSSR count). The first-order valence-corrected chi connectivity index (χ1v) is 7.82. The van der Waals surface area contributed by atoms with Gasteiger partial charge in [-0.25, -0.2) is 9.38 Å². The third kappa shape index (κ3) is 3.55. The van der Waals surface area contributed by atoms with Crippen LogP contribution in [0, 0.1) is 5.82 Å². The second-order valence-electron chi connectivity index (χ2n) is 5.26. The Morgan fingerprint density at radius 3 is 2.36 bits per heavy atom. The van der Waals surface area contributed by atoms with Crippen molar-refractivity contribution in [2.24, 2.45) is 16.5 Å². The lowest BCUT2D eigenvalue weighted by molar-refractivity contribution is -0.140. The molecule has 25 heavy (non-hydrogen) atoms. The van der Waals surface area contributed by atoms with Gasteiger partial charge in [0.1, 0.15) is 5.82 Å². The largest absolute Gasteiger partial charge is 0.417 e. The number of benzene rings is 2. The van der Waals surface area contributed by atoms with Gasteiger partial charge < -0.3 is 5.73 Å². The maximum atomic E-state index is 14.5. The number of nitrogens with two attached hydrogens (primary N) is 2. The summed E-state index contributed by atoms with van der Waals surface area (Å²) < 4.78 is 55.0. The van der Waals surface area contributed by atoms with E-state index in [4.69, 9.17) is 11.5 Å². The number of hydrazine groups is 1. The molecule has 0 saturated carbocycles. The monoisotopic (exact) mass is 371 g/mol. The van der Waals surface area contributed by atoms with E-state index in [2.05, 4.69) is 15.8 Å². The van der Waals surface area contributed by atoms with E-state index >= 15 is 0 Å². The third-order valence-corrected chi connectivity index (χ3v) is 4.56. The summed E-state index contributed by atoms with van der Waals surface area (Å²) in [4.78, 5) is 3.72. The summed E-state index contributed by atoms with van der Waals surface area (Å²) in [5, 5.41) is 0. The molecule has 2 aromatic rings. The van der Waals surface area contributed by atoms with Crippen molar-refractivity contribution in [3.8, 4) is 0 Å². The molecule has 1 aliphatic heterocycles. The number of guanidine groups is 1. The smallest absolute Gasteiger partial charge is 0.369 e. The Bertz CT molecular complexity index is 825. The molecule has 1 atom stereocenters. The van der Waals surface area contributed by atoms with Crippen LogP contribution in [0.15, 0.2) is 57.2 Å². The van der Waals surface area contributed by atoms with Crippen LogP contribution in [0.5, 0.6) is 0 Å². The molecule has 132 valence electrons. The van der Waals surface area contributed by atoms with Gasteiger partial charge in [0.2, 0.25) is 11.7 Å². The number of rotatable bonds is 3. The normalized spacial score (nSPS) is 20.3. The Morgan fingerprint density at radius 2 is 1.80 bits per heavy atom. The van der Waals surface area contributed by atoms with Gasteiger partial charge in [-0.05, 0) is 24.3 Å². The van der Waals surface area contributed by atoms with Crippen molar-refractivity contribution in [3.05, 3.63) is 59.4 Å². The molecule has 0 aromatic heterocycles. The summed E-state index contributed by atoms with van der Waals surface area (Å²) >= 11 is 0.686. The van der Waals surface area contributed by atoms with Gasteiger partial charge in [-0.1, -0.05) is 30.0 Å². The predicted octanol–water partition coefficient (Wildman–Crippen LogP) is 2.49. The van der Waals surface area contributed by atoms with E-state index < -0.39 is 28.2 Å². The van der Waals surface area contributed by atoms with E-state index in [9.17, 15) is 17.6 Å². The topological polar surface area (TPSA) is 88.5 Å². The van der Waals surface area contributed by atoms with Crippen molar-refractivity contribution >= 4 is 17.7 Å². The molecule has 0 aliphatic carbocycles. The number of hydrogen-bond donors (Lipinski definition) is 4. The molecule has 0 bridgehead atoms. The molecular formula is C15H13F4N5S. The number of nitrogens with one attached hydrogen (secondary N) is 2. The predicted molar refractivity (Wildman–Crippen MR) is 85.7 cm³/mol. The average molecular weight is 371 g/mol. The lowest BCUT2D eigenvalue weighted by Gasteiger charge is -2.23. The van der Waals surface area contributed by atoms with E-state index in [0.29, 0.717) is 16.7 Å². The van der Waals surface area contributed by atoms with E-state index in [1.54, 1.807) is 30.3 Å². The molecule has 5 nitrogen and oxygen atoms in total. The van der Waals surface area contributed by atoms with E-state index in [1.807, 2.05) is 0 Å². The Morgan fingerprint density at radius 1 is 1.12 bits per heavy atom. The first-order valence-electron chi connectivity index (χ1n) is 7.00. The zero-order chi connectivity index (χ0) is 18.2. The maximum absolute atomic E-state index is 14.5. The molecule has 0 spiro atoms. The second kappa shape index (κ2) is 6.21. The van der Waals surface area contributed by atoms with Crippen LogP contribution < -0.4 is 22.3 Å². The molecular weight excluding hydrogens is 358 g/mol. The van der Waals surface area contributed by atoms with Gasteiger partial charge in [-0.3, -0.25) is 11.2 Å². The highest BCUT2D eigenvalue weighted by molar-refractivity contribution is 7.99. The van der Waals surface area contributed by atoms with Crippen LogP contribution in [-0.4, -0.2) is 5.96 Å². The van der Waals surface area contributed by atoms with Crippen molar-refractivity contribution in [1.82, 2.24) is 10.9 Å². The van der Waals surface area contributed by atoms with Gasteiger partial charge in [-0.2, -0.15) is 18.6 Å². The van der Waals surface area contributed by atoms with Crippen LogP contribution in [0.3, 0.4) is 0 Å². The Labute approximate surface area is 144 Å². The maximum Gasteiger partial charge on any atom is 0.417 e. The Balaban J connectivity index is 2.10. The minimum atomic E-state index is -4.77. The van der Waals surface area contributed by atoms with Crippen LogP contribution in [0.25, 0.3) is 0 Å². The minimum absolute atomic E-state index is 0.112. The van der Waals surface area contributed by atoms with Gasteiger partial charge in [0.05, 0.1) is 10.5 Å². The molecule has 0 saturated heterocycles. The van der Waals surface area contributed by atoms with Crippen molar-refractivity contribution in [3.63, 3.8) is 0 Å². The van der Waals surface area contributed by atoms with Crippen molar-refractivity contribution in [2.45, 2.75) is 21.8 Å². The second-order valence-corrected chi connectivity index (χ2v) is 6.34. The van der Waals surface area contributed by atoms with Crippen LogP contribution >= 0.6 is 11.8 Å².